The van der Waals surface area contributed by atoms with E-state index in [9.17, 15) is 9.59 Å². The molecule has 0 spiro atoms. The predicted octanol–water partition coefficient (Wildman–Crippen LogP) is 1.85. The molecule has 0 N–H and O–H groups in total. The van der Waals surface area contributed by atoms with Crippen LogP contribution in [0.3, 0.4) is 0 Å². The maximum Gasteiger partial charge on any atom is 0.429 e. The molecule has 0 aliphatic heterocycles. The molecule has 0 amide bonds. The second kappa shape index (κ2) is 4.97. The van der Waals surface area contributed by atoms with Gasteiger partial charge in [-0.05, 0) is 24.3 Å². The lowest BCUT2D eigenvalue weighted by Gasteiger charge is -2.03. The van der Waals surface area contributed by atoms with Crippen LogP contribution in [-0.4, -0.2) is 9.55 Å². The van der Waals surface area contributed by atoms with Crippen molar-refractivity contribution in [3.8, 4) is 17.1 Å². The van der Waals surface area contributed by atoms with Crippen molar-refractivity contribution in [1.29, 1.82) is 0 Å². The van der Waals surface area contributed by atoms with Gasteiger partial charge in [0.1, 0.15) is 0 Å². The third kappa shape index (κ3) is 2.16. The molecule has 3 aromatic rings. The van der Waals surface area contributed by atoms with Crippen molar-refractivity contribution >= 4 is 0 Å². The van der Waals surface area contributed by atoms with Gasteiger partial charge in [-0.25, -0.2) is 9.59 Å². The molecule has 0 saturated heterocycles. The van der Waals surface area contributed by atoms with Crippen molar-refractivity contribution in [2.75, 3.05) is 0 Å². The fraction of sp³-hybridized carbons (Fsp3) is 0. The normalized spacial score (nSPS) is 10.4. The Balaban J connectivity index is 2.19. The number of hydrogen-bond acceptors (Lipinski definition) is 4. The van der Waals surface area contributed by atoms with Gasteiger partial charge in [-0.3, -0.25) is 0 Å². The van der Waals surface area contributed by atoms with E-state index in [4.69, 9.17) is 4.42 Å². The number of rotatable bonds is 2. The topological polar surface area (TPSA) is 65.1 Å². The van der Waals surface area contributed by atoms with Crippen LogP contribution >= 0.6 is 0 Å². The molecule has 0 saturated carbocycles. The van der Waals surface area contributed by atoms with Crippen molar-refractivity contribution in [2.45, 2.75) is 0 Å². The summed E-state index contributed by atoms with van der Waals surface area (Å²) in [5, 5.41) is 0. The molecule has 5 nitrogen and oxygen atoms in total. The Morgan fingerprint density at radius 1 is 0.850 bits per heavy atom. The molecular formula is C15H10N2O3. The number of nitrogens with zero attached hydrogens (tertiary/aromatic N) is 2. The average molecular weight is 266 g/mol. The number of para-hydroxylation sites is 1. The van der Waals surface area contributed by atoms with Gasteiger partial charge in [0.05, 0.1) is 5.69 Å². The van der Waals surface area contributed by atoms with Crippen LogP contribution in [0.25, 0.3) is 17.1 Å². The second-order valence-electron chi connectivity index (χ2n) is 4.10. The van der Waals surface area contributed by atoms with Crippen LogP contribution in [0, 0.1) is 0 Å². The Morgan fingerprint density at radius 3 is 2.05 bits per heavy atom. The Bertz CT molecular complexity index is 805. The zero-order chi connectivity index (χ0) is 13.9. The largest absolute Gasteiger partial charge is 0.429 e. The molecule has 0 bridgehead atoms. The van der Waals surface area contributed by atoms with Gasteiger partial charge in [0.25, 0.3) is 0 Å². The van der Waals surface area contributed by atoms with Crippen LogP contribution in [0.15, 0.2) is 74.7 Å². The van der Waals surface area contributed by atoms with Crippen molar-refractivity contribution in [3.05, 3.63) is 81.7 Å². The Kier molecular flexibility index (Phi) is 3.01. The maximum atomic E-state index is 12.0. The minimum Gasteiger partial charge on any atom is -0.390 e. The zero-order valence-electron chi connectivity index (χ0n) is 10.4. The van der Waals surface area contributed by atoms with Gasteiger partial charge in [0, 0.05) is 5.56 Å². The summed E-state index contributed by atoms with van der Waals surface area (Å²) in [6.45, 7) is 0. The second-order valence-corrected chi connectivity index (χ2v) is 4.10. The van der Waals surface area contributed by atoms with E-state index < -0.39 is 11.4 Å². The Hall–Kier alpha value is -2.95. The van der Waals surface area contributed by atoms with E-state index in [1.165, 1.54) is 0 Å². The van der Waals surface area contributed by atoms with E-state index >= 15 is 0 Å². The SMILES string of the molecule is O=c1nc(-c2ccccc2)oc(=O)n1-c1ccccc1. The third-order valence-electron chi connectivity index (χ3n) is 2.79. The summed E-state index contributed by atoms with van der Waals surface area (Å²) in [7, 11) is 0. The van der Waals surface area contributed by atoms with Gasteiger partial charge in [-0.1, -0.05) is 36.4 Å². The quantitative estimate of drug-likeness (QED) is 0.710. The highest BCUT2D eigenvalue weighted by Crippen LogP contribution is 2.12. The lowest BCUT2D eigenvalue weighted by Crippen LogP contribution is -2.33. The van der Waals surface area contributed by atoms with Crippen LogP contribution in [0.5, 0.6) is 0 Å². The molecule has 0 atom stereocenters. The molecule has 0 fully saturated rings. The lowest BCUT2D eigenvalue weighted by molar-refractivity contribution is 0.448. The average Bonchev–Trinajstić information content (AvgIpc) is 2.48. The Morgan fingerprint density at radius 2 is 1.45 bits per heavy atom. The van der Waals surface area contributed by atoms with Crippen LogP contribution in [-0.2, 0) is 0 Å². The monoisotopic (exact) mass is 266 g/mol. The minimum absolute atomic E-state index is 0.0211. The minimum atomic E-state index is -0.755. The molecule has 2 aromatic carbocycles. The fourth-order valence-electron chi connectivity index (χ4n) is 1.86. The summed E-state index contributed by atoms with van der Waals surface area (Å²) >= 11 is 0. The molecule has 98 valence electrons. The summed E-state index contributed by atoms with van der Waals surface area (Å²) in [4.78, 5) is 27.8. The number of benzene rings is 2. The van der Waals surface area contributed by atoms with Crippen molar-refractivity contribution in [1.82, 2.24) is 9.55 Å². The summed E-state index contributed by atoms with van der Waals surface area (Å²) in [6, 6.07) is 17.4. The summed E-state index contributed by atoms with van der Waals surface area (Å²) in [5.74, 6) is -0.733. The molecule has 0 aliphatic rings. The van der Waals surface area contributed by atoms with E-state index in [1.807, 2.05) is 6.07 Å². The predicted molar refractivity (Wildman–Crippen MR) is 73.8 cm³/mol. The van der Waals surface area contributed by atoms with E-state index in [2.05, 4.69) is 4.98 Å². The molecule has 0 radical (unpaired) electrons. The molecule has 1 aromatic heterocycles. The molecule has 1 heterocycles. The first-order valence-electron chi connectivity index (χ1n) is 6.01. The smallest absolute Gasteiger partial charge is 0.390 e. The van der Waals surface area contributed by atoms with Crippen molar-refractivity contribution < 1.29 is 4.42 Å². The van der Waals surface area contributed by atoms with Crippen LogP contribution < -0.4 is 11.4 Å². The Labute approximate surface area is 113 Å². The molecule has 0 unspecified atom stereocenters. The van der Waals surface area contributed by atoms with Crippen molar-refractivity contribution in [2.24, 2.45) is 0 Å². The first-order chi connectivity index (χ1) is 9.75. The van der Waals surface area contributed by atoms with E-state index in [0.717, 1.165) is 4.57 Å². The van der Waals surface area contributed by atoms with E-state index in [-0.39, 0.29) is 5.89 Å². The van der Waals surface area contributed by atoms with E-state index in [0.29, 0.717) is 11.3 Å². The van der Waals surface area contributed by atoms with Gasteiger partial charge in [-0.2, -0.15) is 9.55 Å². The van der Waals surface area contributed by atoms with E-state index in [1.54, 1.807) is 54.6 Å². The van der Waals surface area contributed by atoms with Crippen LogP contribution in [0.4, 0.5) is 0 Å². The maximum absolute atomic E-state index is 12.0. The lowest BCUT2D eigenvalue weighted by atomic mass is 10.2. The number of hydrogen-bond donors (Lipinski definition) is 0. The first kappa shape index (κ1) is 12.1. The van der Waals surface area contributed by atoms with Gasteiger partial charge in [0.2, 0.25) is 5.89 Å². The van der Waals surface area contributed by atoms with Crippen molar-refractivity contribution in [3.63, 3.8) is 0 Å². The van der Waals surface area contributed by atoms with Crippen LogP contribution in [0.2, 0.25) is 0 Å². The summed E-state index contributed by atoms with van der Waals surface area (Å²) < 4.78 is 6.02. The summed E-state index contributed by atoms with van der Waals surface area (Å²) in [5.41, 5.74) is 0.353. The zero-order valence-corrected chi connectivity index (χ0v) is 10.4. The first-order valence-corrected chi connectivity index (χ1v) is 6.01. The van der Waals surface area contributed by atoms with Gasteiger partial charge in [0.15, 0.2) is 0 Å². The highest BCUT2D eigenvalue weighted by molar-refractivity contribution is 5.51. The highest BCUT2D eigenvalue weighted by Gasteiger charge is 2.11. The van der Waals surface area contributed by atoms with Gasteiger partial charge < -0.3 is 4.42 Å². The van der Waals surface area contributed by atoms with Gasteiger partial charge in [-0.15, -0.1) is 0 Å². The number of aromatic nitrogens is 2. The fourth-order valence-corrected chi connectivity index (χ4v) is 1.86. The highest BCUT2D eigenvalue weighted by atomic mass is 16.4. The molecule has 5 heteroatoms. The molecular weight excluding hydrogens is 256 g/mol. The van der Waals surface area contributed by atoms with Gasteiger partial charge >= 0.3 is 11.4 Å². The molecule has 3 rings (SSSR count). The molecule has 20 heavy (non-hydrogen) atoms. The standard InChI is InChI=1S/C15H10N2O3/c18-14-16-13(11-7-3-1-4-8-11)20-15(19)17(14)12-9-5-2-6-10-12/h1-10H. The van der Waals surface area contributed by atoms with Crippen LogP contribution in [0.1, 0.15) is 0 Å². The summed E-state index contributed by atoms with van der Waals surface area (Å²) in [6.07, 6.45) is 0. The third-order valence-corrected chi connectivity index (χ3v) is 2.79. The molecule has 0 aliphatic carbocycles.